The Labute approximate surface area is 85.5 Å². The Hall–Kier alpha value is -0.740. The van der Waals surface area contributed by atoms with Gasteiger partial charge in [0.15, 0.2) is 0 Å². The van der Waals surface area contributed by atoms with Crippen LogP contribution in [0.4, 0.5) is 13.2 Å². The van der Waals surface area contributed by atoms with Gasteiger partial charge in [-0.1, -0.05) is 0 Å². The molecular formula is C10H13F3O2. The van der Waals surface area contributed by atoms with Gasteiger partial charge in [-0.15, -0.1) is 0 Å². The van der Waals surface area contributed by atoms with Crippen LogP contribution in [-0.4, -0.2) is 17.3 Å². The molecule has 2 nitrogen and oxygen atoms in total. The van der Waals surface area contributed by atoms with Crippen LogP contribution in [0.15, 0.2) is 0 Å². The van der Waals surface area contributed by atoms with Gasteiger partial charge in [-0.05, 0) is 38.5 Å². The highest BCUT2D eigenvalue weighted by Gasteiger charge is 2.63. The van der Waals surface area contributed by atoms with Crippen LogP contribution in [0, 0.1) is 10.8 Å². The second kappa shape index (κ2) is 2.89. The SMILES string of the molecule is O=C(O)C12CCC(C(F)(F)F)(CC1)CC2. The molecule has 15 heavy (non-hydrogen) atoms. The molecule has 0 unspecified atom stereocenters. The zero-order valence-electron chi connectivity index (χ0n) is 8.23. The first kappa shape index (κ1) is 10.8. The van der Waals surface area contributed by atoms with Crippen molar-refractivity contribution in [3.05, 3.63) is 0 Å². The van der Waals surface area contributed by atoms with Crippen LogP contribution in [0.2, 0.25) is 0 Å². The molecule has 0 aromatic rings. The fourth-order valence-corrected chi connectivity index (χ4v) is 2.93. The lowest BCUT2D eigenvalue weighted by Crippen LogP contribution is -2.51. The fourth-order valence-electron chi connectivity index (χ4n) is 2.93. The van der Waals surface area contributed by atoms with Crippen LogP contribution in [0.5, 0.6) is 0 Å². The molecule has 0 radical (unpaired) electrons. The molecule has 86 valence electrons. The third kappa shape index (κ3) is 1.35. The molecule has 0 heterocycles. The summed E-state index contributed by atoms with van der Waals surface area (Å²) in [5, 5.41) is 9.02. The summed E-state index contributed by atoms with van der Waals surface area (Å²) in [5.74, 6) is -0.919. The van der Waals surface area contributed by atoms with Crippen LogP contribution < -0.4 is 0 Å². The molecular weight excluding hydrogens is 209 g/mol. The second-order valence-corrected chi connectivity index (χ2v) is 4.86. The summed E-state index contributed by atoms with van der Waals surface area (Å²) in [6.45, 7) is 0. The lowest BCUT2D eigenvalue weighted by Gasteiger charge is -2.51. The van der Waals surface area contributed by atoms with E-state index in [0.717, 1.165) is 0 Å². The number of aliphatic carboxylic acids is 1. The Bertz CT molecular complexity index is 271. The Kier molecular flexibility index (Phi) is 2.07. The summed E-state index contributed by atoms with van der Waals surface area (Å²) in [7, 11) is 0. The van der Waals surface area contributed by atoms with E-state index in [1.165, 1.54) is 0 Å². The number of hydrogen-bond acceptors (Lipinski definition) is 1. The average Bonchev–Trinajstić information content (AvgIpc) is 2.19. The Morgan fingerprint density at radius 1 is 1.00 bits per heavy atom. The monoisotopic (exact) mass is 222 g/mol. The summed E-state index contributed by atoms with van der Waals surface area (Å²) in [6, 6.07) is 0. The van der Waals surface area contributed by atoms with Crippen molar-refractivity contribution in [2.24, 2.45) is 10.8 Å². The number of halogens is 3. The smallest absolute Gasteiger partial charge is 0.394 e. The van der Waals surface area contributed by atoms with Gasteiger partial charge in [0.25, 0.3) is 0 Å². The summed E-state index contributed by atoms with van der Waals surface area (Å²) in [4.78, 5) is 11.0. The first-order valence-electron chi connectivity index (χ1n) is 5.12. The van der Waals surface area contributed by atoms with E-state index >= 15 is 0 Å². The van der Waals surface area contributed by atoms with Crippen LogP contribution in [0.3, 0.4) is 0 Å². The molecule has 5 heteroatoms. The van der Waals surface area contributed by atoms with E-state index < -0.39 is 23.0 Å². The molecule has 0 atom stereocenters. The third-order valence-electron chi connectivity index (χ3n) is 4.30. The third-order valence-corrected chi connectivity index (χ3v) is 4.30. The second-order valence-electron chi connectivity index (χ2n) is 4.86. The van der Waals surface area contributed by atoms with Crippen molar-refractivity contribution in [2.75, 3.05) is 0 Å². The van der Waals surface area contributed by atoms with E-state index in [9.17, 15) is 18.0 Å². The average molecular weight is 222 g/mol. The standard InChI is InChI=1S/C10H13F3O2/c11-10(12,13)9-4-1-8(2-5-9,3-6-9)7(14)15/h1-6H2,(H,14,15). The minimum absolute atomic E-state index is 0.0111. The van der Waals surface area contributed by atoms with E-state index in [1.807, 2.05) is 0 Å². The highest BCUT2D eigenvalue weighted by Crippen LogP contribution is 2.62. The topological polar surface area (TPSA) is 37.3 Å². The van der Waals surface area contributed by atoms with Gasteiger partial charge in [-0.3, -0.25) is 4.79 Å². The predicted octanol–water partition coefficient (Wildman–Crippen LogP) is 2.97. The van der Waals surface area contributed by atoms with Gasteiger partial charge >= 0.3 is 12.1 Å². The lowest BCUT2D eigenvalue weighted by molar-refractivity contribution is -0.260. The number of carboxylic acid groups (broad SMARTS) is 1. The molecule has 0 aromatic heterocycles. The van der Waals surface area contributed by atoms with Crippen LogP contribution >= 0.6 is 0 Å². The summed E-state index contributed by atoms with van der Waals surface area (Å²) in [6.07, 6.45) is -3.65. The van der Waals surface area contributed by atoms with Crippen molar-refractivity contribution >= 4 is 5.97 Å². The molecule has 3 saturated carbocycles. The molecule has 0 aliphatic heterocycles. The van der Waals surface area contributed by atoms with Crippen LogP contribution in [-0.2, 0) is 4.79 Å². The van der Waals surface area contributed by atoms with Gasteiger partial charge in [0.1, 0.15) is 0 Å². The first-order chi connectivity index (χ1) is 6.81. The quantitative estimate of drug-likeness (QED) is 0.740. The van der Waals surface area contributed by atoms with Crippen molar-refractivity contribution in [3.8, 4) is 0 Å². The van der Waals surface area contributed by atoms with Crippen molar-refractivity contribution < 1.29 is 23.1 Å². The molecule has 3 aliphatic carbocycles. The van der Waals surface area contributed by atoms with Gasteiger partial charge in [-0.2, -0.15) is 13.2 Å². The number of hydrogen-bond donors (Lipinski definition) is 1. The van der Waals surface area contributed by atoms with Crippen molar-refractivity contribution in [1.29, 1.82) is 0 Å². The maximum absolute atomic E-state index is 12.8. The summed E-state index contributed by atoms with van der Waals surface area (Å²) >= 11 is 0. The minimum atomic E-state index is -4.17. The van der Waals surface area contributed by atoms with E-state index in [-0.39, 0.29) is 38.5 Å². The van der Waals surface area contributed by atoms with E-state index in [2.05, 4.69) is 0 Å². The van der Waals surface area contributed by atoms with E-state index in [0.29, 0.717) is 0 Å². The molecule has 0 aromatic carbocycles. The highest BCUT2D eigenvalue weighted by atomic mass is 19.4. The molecule has 3 aliphatic rings. The first-order valence-corrected chi connectivity index (χ1v) is 5.12. The summed E-state index contributed by atoms with van der Waals surface area (Å²) < 4.78 is 38.4. The Morgan fingerprint density at radius 3 is 1.67 bits per heavy atom. The van der Waals surface area contributed by atoms with Gasteiger partial charge in [-0.25, -0.2) is 0 Å². The lowest BCUT2D eigenvalue weighted by atomic mass is 9.53. The van der Waals surface area contributed by atoms with Crippen molar-refractivity contribution in [1.82, 2.24) is 0 Å². The number of carboxylic acids is 1. The van der Waals surface area contributed by atoms with Crippen LogP contribution in [0.1, 0.15) is 38.5 Å². The van der Waals surface area contributed by atoms with E-state index in [1.54, 1.807) is 0 Å². The molecule has 0 amide bonds. The molecule has 1 N–H and O–H groups in total. The van der Waals surface area contributed by atoms with Gasteiger partial charge in [0.2, 0.25) is 0 Å². The maximum atomic E-state index is 12.8. The van der Waals surface area contributed by atoms with E-state index in [4.69, 9.17) is 5.11 Å². The minimum Gasteiger partial charge on any atom is -0.481 e. The van der Waals surface area contributed by atoms with Crippen molar-refractivity contribution in [3.63, 3.8) is 0 Å². The predicted molar refractivity (Wildman–Crippen MR) is 46.3 cm³/mol. The van der Waals surface area contributed by atoms with Crippen LogP contribution in [0.25, 0.3) is 0 Å². The normalized spacial score (nSPS) is 40.5. The number of alkyl halides is 3. The highest BCUT2D eigenvalue weighted by molar-refractivity contribution is 5.75. The maximum Gasteiger partial charge on any atom is 0.394 e. The van der Waals surface area contributed by atoms with Crippen molar-refractivity contribution in [2.45, 2.75) is 44.7 Å². The number of rotatable bonds is 1. The Balaban J connectivity index is 2.21. The van der Waals surface area contributed by atoms with Gasteiger partial charge in [0, 0.05) is 0 Å². The van der Waals surface area contributed by atoms with Gasteiger partial charge in [0.05, 0.1) is 10.8 Å². The molecule has 2 bridgehead atoms. The molecule has 3 rings (SSSR count). The molecule has 0 spiro atoms. The summed E-state index contributed by atoms with van der Waals surface area (Å²) in [5.41, 5.74) is -2.43. The van der Waals surface area contributed by atoms with Gasteiger partial charge < -0.3 is 5.11 Å². The zero-order valence-corrected chi connectivity index (χ0v) is 8.23. The molecule has 0 saturated heterocycles. The molecule has 3 fully saturated rings. The number of carbonyl (C=O) groups is 1. The zero-order chi connectivity index (χ0) is 11.3. The number of fused-ring (bicyclic) bond motifs is 3. The largest absolute Gasteiger partial charge is 0.481 e. The Morgan fingerprint density at radius 2 is 1.40 bits per heavy atom. The fraction of sp³-hybridized carbons (Fsp3) is 0.900.